The summed E-state index contributed by atoms with van der Waals surface area (Å²) in [4.78, 5) is 14.1. The SMILES string of the molecule is CN(CC1CCCNC1)C(=O)c1cc(Cl)cc(Cl)c1. The number of benzene rings is 1. The van der Waals surface area contributed by atoms with Crippen molar-refractivity contribution in [3.63, 3.8) is 0 Å². The van der Waals surface area contributed by atoms with Gasteiger partial charge in [-0.2, -0.15) is 0 Å². The molecule has 0 radical (unpaired) electrons. The molecule has 1 unspecified atom stereocenters. The first kappa shape index (κ1) is 14.6. The van der Waals surface area contributed by atoms with Gasteiger partial charge < -0.3 is 10.2 Å². The minimum Gasteiger partial charge on any atom is -0.341 e. The molecular weight excluding hydrogens is 283 g/mol. The van der Waals surface area contributed by atoms with E-state index in [-0.39, 0.29) is 5.91 Å². The lowest BCUT2D eigenvalue weighted by molar-refractivity contribution is 0.0764. The molecule has 1 aliphatic rings. The summed E-state index contributed by atoms with van der Waals surface area (Å²) in [5, 5.41) is 4.34. The third-order valence-corrected chi connectivity index (χ3v) is 3.82. The van der Waals surface area contributed by atoms with Crippen LogP contribution in [0.4, 0.5) is 0 Å². The Hall–Kier alpha value is -0.770. The van der Waals surface area contributed by atoms with Gasteiger partial charge >= 0.3 is 0 Å². The summed E-state index contributed by atoms with van der Waals surface area (Å²) in [6, 6.07) is 4.95. The highest BCUT2D eigenvalue weighted by molar-refractivity contribution is 6.35. The van der Waals surface area contributed by atoms with Crippen molar-refractivity contribution in [2.24, 2.45) is 5.92 Å². The quantitative estimate of drug-likeness (QED) is 0.930. The average molecular weight is 301 g/mol. The van der Waals surface area contributed by atoms with Crippen LogP contribution in [0.25, 0.3) is 0 Å². The molecule has 0 bridgehead atoms. The van der Waals surface area contributed by atoms with Crippen molar-refractivity contribution in [2.75, 3.05) is 26.7 Å². The Kier molecular flexibility index (Phi) is 5.08. The van der Waals surface area contributed by atoms with Gasteiger partial charge in [0.2, 0.25) is 0 Å². The number of nitrogens with zero attached hydrogens (tertiary/aromatic N) is 1. The maximum atomic E-state index is 12.3. The highest BCUT2D eigenvalue weighted by atomic mass is 35.5. The number of amides is 1. The van der Waals surface area contributed by atoms with E-state index in [0.717, 1.165) is 19.6 Å². The summed E-state index contributed by atoms with van der Waals surface area (Å²) >= 11 is 11.9. The molecule has 1 aliphatic heterocycles. The molecule has 0 aliphatic carbocycles. The summed E-state index contributed by atoms with van der Waals surface area (Å²) in [5.41, 5.74) is 0.545. The molecule has 1 atom stereocenters. The van der Waals surface area contributed by atoms with Crippen LogP contribution in [0.15, 0.2) is 18.2 Å². The lowest BCUT2D eigenvalue weighted by Gasteiger charge is -2.27. The van der Waals surface area contributed by atoms with Crippen molar-refractivity contribution in [1.29, 1.82) is 0 Å². The lowest BCUT2D eigenvalue weighted by Crippen LogP contribution is -2.39. The third kappa shape index (κ3) is 4.10. The Bertz CT molecular complexity index is 439. The molecular formula is C14H18Cl2N2O. The Balaban J connectivity index is 2.01. The smallest absolute Gasteiger partial charge is 0.253 e. The van der Waals surface area contributed by atoms with E-state index in [1.165, 1.54) is 12.8 Å². The predicted octanol–water partition coefficient (Wildman–Crippen LogP) is 3.07. The van der Waals surface area contributed by atoms with E-state index in [9.17, 15) is 4.79 Å². The fraction of sp³-hybridized carbons (Fsp3) is 0.500. The number of carbonyl (C=O) groups is 1. The van der Waals surface area contributed by atoms with Gasteiger partial charge in [-0.1, -0.05) is 23.2 Å². The maximum absolute atomic E-state index is 12.3. The van der Waals surface area contributed by atoms with Crippen molar-refractivity contribution in [1.82, 2.24) is 10.2 Å². The fourth-order valence-electron chi connectivity index (χ4n) is 2.45. The first-order valence-corrected chi connectivity index (χ1v) is 7.24. The van der Waals surface area contributed by atoms with Gasteiger partial charge in [-0.3, -0.25) is 4.79 Å². The Morgan fingerprint density at radius 3 is 2.63 bits per heavy atom. The zero-order valence-electron chi connectivity index (χ0n) is 11.0. The maximum Gasteiger partial charge on any atom is 0.253 e. The zero-order chi connectivity index (χ0) is 13.8. The predicted molar refractivity (Wildman–Crippen MR) is 79.0 cm³/mol. The molecule has 5 heteroatoms. The van der Waals surface area contributed by atoms with Gasteiger partial charge in [-0.25, -0.2) is 0 Å². The Morgan fingerprint density at radius 1 is 1.37 bits per heavy atom. The summed E-state index contributed by atoms with van der Waals surface area (Å²) in [5.74, 6) is 0.493. The van der Waals surface area contributed by atoms with Gasteiger partial charge in [0.15, 0.2) is 0 Å². The molecule has 19 heavy (non-hydrogen) atoms. The topological polar surface area (TPSA) is 32.3 Å². The molecule has 1 N–H and O–H groups in total. The van der Waals surface area contributed by atoms with E-state index < -0.39 is 0 Å². The highest BCUT2D eigenvalue weighted by Gasteiger charge is 2.19. The monoisotopic (exact) mass is 300 g/mol. The minimum absolute atomic E-state index is 0.0324. The highest BCUT2D eigenvalue weighted by Crippen LogP contribution is 2.20. The molecule has 0 saturated carbocycles. The van der Waals surface area contributed by atoms with Crippen LogP contribution in [0.5, 0.6) is 0 Å². The summed E-state index contributed by atoms with van der Waals surface area (Å²) < 4.78 is 0. The molecule has 0 aromatic heterocycles. The second kappa shape index (κ2) is 6.60. The van der Waals surface area contributed by atoms with Gasteiger partial charge in [0.25, 0.3) is 5.91 Å². The molecule has 1 heterocycles. The number of hydrogen-bond acceptors (Lipinski definition) is 2. The molecule has 0 spiro atoms. The summed E-state index contributed by atoms with van der Waals surface area (Å²) in [6.45, 7) is 2.82. The van der Waals surface area contributed by atoms with Gasteiger partial charge in [-0.15, -0.1) is 0 Å². The molecule has 2 rings (SSSR count). The second-order valence-electron chi connectivity index (χ2n) is 5.06. The first-order valence-electron chi connectivity index (χ1n) is 6.48. The first-order chi connectivity index (χ1) is 9.06. The standard InChI is InChI=1S/C14H18Cl2N2O/c1-18(9-10-3-2-4-17-8-10)14(19)11-5-12(15)7-13(16)6-11/h5-7,10,17H,2-4,8-9H2,1H3. The van der Waals surface area contributed by atoms with Crippen molar-refractivity contribution >= 4 is 29.1 Å². The number of piperidine rings is 1. The Labute approximate surface area is 123 Å². The zero-order valence-corrected chi connectivity index (χ0v) is 12.5. The van der Waals surface area contributed by atoms with Crippen molar-refractivity contribution in [2.45, 2.75) is 12.8 Å². The van der Waals surface area contributed by atoms with Crippen molar-refractivity contribution in [3.8, 4) is 0 Å². The fourth-order valence-corrected chi connectivity index (χ4v) is 2.97. The van der Waals surface area contributed by atoms with Crippen LogP contribution < -0.4 is 5.32 Å². The number of carbonyl (C=O) groups excluding carboxylic acids is 1. The van der Waals surface area contributed by atoms with Crippen LogP contribution >= 0.6 is 23.2 Å². The van der Waals surface area contributed by atoms with Crippen LogP contribution in [0, 0.1) is 5.92 Å². The van der Waals surface area contributed by atoms with Gasteiger partial charge in [0.05, 0.1) is 0 Å². The molecule has 1 amide bonds. The average Bonchev–Trinajstić information content (AvgIpc) is 2.37. The number of rotatable bonds is 3. The molecule has 104 valence electrons. The van der Waals surface area contributed by atoms with E-state index in [4.69, 9.17) is 23.2 Å². The van der Waals surface area contributed by atoms with Crippen LogP contribution in [0.1, 0.15) is 23.2 Å². The summed E-state index contributed by atoms with van der Waals surface area (Å²) in [6.07, 6.45) is 2.34. The van der Waals surface area contributed by atoms with Crippen molar-refractivity contribution < 1.29 is 4.79 Å². The molecule has 1 aromatic carbocycles. The van der Waals surface area contributed by atoms with Gasteiger partial charge in [0, 0.05) is 29.2 Å². The van der Waals surface area contributed by atoms with E-state index in [1.807, 2.05) is 7.05 Å². The molecule has 1 aromatic rings. The normalized spacial score (nSPS) is 19.2. The van der Waals surface area contributed by atoms with Gasteiger partial charge in [0.1, 0.15) is 0 Å². The Morgan fingerprint density at radius 2 is 2.05 bits per heavy atom. The molecule has 1 saturated heterocycles. The minimum atomic E-state index is -0.0324. The van der Waals surface area contributed by atoms with E-state index in [0.29, 0.717) is 21.5 Å². The second-order valence-corrected chi connectivity index (χ2v) is 5.93. The van der Waals surface area contributed by atoms with Crippen LogP contribution in [-0.4, -0.2) is 37.5 Å². The van der Waals surface area contributed by atoms with Crippen molar-refractivity contribution in [3.05, 3.63) is 33.8 Å². The van der Waals surface area contributed by atoms with E-state index in [2.05, 4.69) is 5.32 Å². The number of nitrogens with one attached hydrogen (secondary N) is 1. The molecule has 1 fully saturated rings. The van der Waals surface area contributed by atoms with Crippen LogP contribution in [-0.2, 0) is 0 Å². The lowest BCUT2D eigenvalue weighted by atomic mass is 9.99. The number of halogens is 2. The summed E-state index contributed by atoms with van der Waals surface area (Å²) in [7, 11) is 1.83. The third-order valence-electron chi connectivity index (χ3n) is 3.39. The largest absolute Gasteiger partial charge is 0.341 e. The van der Waals surface area contributed by atoms with Gasteiger partial charge in [-0.05, 0) is 50.0 Å². The van der Waals surface area contributed by atoms with E-state index in [1.54, 1.807) is 23.1 Å². The van der Waals surface area contributed by atoms with E-state index >= 15 is 0 Å². The molecule has 3 nitrogen and oxygen atoms in total. The number of hydrogen-bond donors (Lipinski definition) is 1. The van der Waals surface area contributed by atoms with Crippen LogP contribution in [0.2, 0.25) is 10.0 Å². The van der Waals surface area contributed by atoms with Crippen LogP contribution in [0.3, 0.4) is 0 Å².